The first-order chi connectivity index (χ1) is 19.8. The predicted octanol–water partition coefficient (Wildman–Crippen LogP) is 1.87. The Hall–Kier alpha value is -3.76. The second kappa shape index (κ2) is 12.8. The van der Waals surface area contributed by atoms with E-state index in [9.17, 15) is 19.2 Å². The number of primary amides is 1. The third kappa shape index (κ3) is 6.94. The van der Waals surface area contributed by atoms with Crippen molar-refractivity contribution < 1.29 is 19.2 Å². The number of nitrogens with two attached hydrogens (primary N) is 1. The molecule has 5 rings (SSSR count). The molecule has 10 nitrogen and oxygen atoms in total. The zero-order chi connectivity index (χ0) is 28.9. The van der Waals surface area contributed by atoms with Crippen LogP contribution in [0.4, 0.5) is 11.4 Å². The molecule has 3 saturated heterocycles. The predicted molar refractivity (Wildman–Crippen MR) is 158 cm³/mol. The molecule has 3 aliphatic rings. The molecular formula is C31H40N6O4. The van der Waals surface area contributed by atoms with Crippen LogP contribution in [0.2, 0.25) is 0 Å². The Kier molecular flexibility index (Phi) is 8.99. The van der Waals surface area contributed by atoms with Gasteiger partial charge in [-0.3, -0.25) is 34.3 Å². The van der Waals surface area contributed by atoms with Gasteiger partial charge in [-0.25, -0.2) is 0 Å². The summed E-state index contributed by atoms with van der Waals surface area (Å²) in [5.41, 5.74) is 9.67. The van der Waals surface area contributed by atoms with Crippen molar-refractivity contribution in [2.75, 3.05) is 62.7 Å². The largest absolute Gasteiger partial charge is 0.372 e. The van der Waals surface area contributed by atoms with E-state index < -0.39 is 5.91 Å². The summed E-state index contributed by atoms with van der Waals surface area (Å²) in [7, 11) is 1.87. The van der Waals surface area contributed by atoms with Gasteiger partial charge in [-0.15, -0.1) is 0 Å². The lowest BCUT2D eigenvalue weighted by molar-refractivity contribution is -0.137. The van der Waals surface area contributed by atoms with Crippen molar-refractivity contribution in [3.63, 3.8) is 0 Å². The van der Waals surface area contributed by atoms with E-state index in [0.717, 1.165) is 81.9 Å². The molecule has 3 amide bonds. The van der Waals surface area contributed by atoms with Gasteiger partial charge in [0.1, 0.15) is 6.29 Å². The van der Waals surface area contributed by atoms with Crippen LogP contribution in [0.1, 0.15) is 52.0 Å². The maximum atomic E-state index is 12.3. The number of amides is 3. The number of aldehydes is 1. The fourth-order valence-corrected chi connectivity index (χ4v) is 6.29. The Morgan fingerprint density at radius 2 is 1.61 bits per heavy atom. The van der Waals surface area contributed by atoms with Crippen LogP contribution in [0.3, 0.4) is 0 Å². The van der Waals surface area contributed by atoms with Gasteiger partial charge in [-0.1, -0.05) is 0 Å². The summed E-state index contributed by atoms with van der Waals surface area (Å²) in [4.78, 5) is 56.2. The highest BCUT2D eigenvalue weighted by molar-refractivity contribution is 6.00. The second-order valence-electron chi connectivity index (χ2n) is 11.5. The summed E-state index contributed by atoms with van der Waals surface area (Å²) in [6.07, 6.45) is 3.94. The topological polar surface area (TPSA) is 119 Å². The van der Waals surface area contributed by atoms with Crippen molar-refractivity contribution >= 4 is 35.4 Å². The first kappa shape index (κ1) is 28.8. The van der Waals surface area contributed by atoms with Crippen LogP contribution in [0.25, 0.3) is 0 Å². The molecule has 10 heteroatoms. The molecule has 41 heavy (non-hydrogen) atoms. The monoisotopic (exact) mass is 560 g/mol. The third-order valence-corrected chi connectivity index (χ3v) is 8.80. The minimum atomic E-state index is -0.400. The van der Waals surface area contributed by atoms with Crippen molar-refractivity contribution in [3.8, 4) is 0 Å². The van der Waals surface area contributed by atoms with E-state index in [1.165, 1.54) is 0 Å². The van der Waals surface area contributed by atoms with Crippen LogP contribution in [0.5, 0.6) is 0 Å². The normalized spacial score (nSPS) is 20.8. The van der Waals surface area contributed by atoms with Crippen LogP contribution in [0.15, 0.2) is 42.5 Å². The highest BCUT2D eigenvalue weighted by atomic mass is 16.2. The standard InChI is InChI=1S/C31H40N6O4/c1-34(28-8-9-29(39)33-31(28)41)20-25-18-27(7-4-24(25)21-38)36-12-10-22(11-13-36)19-35-14-16-37(17-15-35)26-5-2-23(3-6-26)30(32)40/h2-7,18,21-22,28H,8-17,19-20H2,1H3,(H2,32,40)(H,33,39,41). The van der Waals surface area contributed by atoms with Crippen molar-refractivity contribution in [2.45, 2.75) is 38.3 Å². The zero-order valence-electron chi connectivity index (χ0n) is 23.8. The molecule has 0 radical (unpaired) electrons. The molecule has 1 atom stereocenters. The zero-order valence-corrected chi connectivity index (χ0v) is 23.8. The summed E-state index contributed by atoms with van der Waals surface area (Å²) in [6, 6.07) is 13.2. The fraction of sp³-hybridized carbons (Fsp3) is 0.484. The lowest BCUT2D eigenvalue weighted by atomic mass is 9.95. The average Bonchev–Trinajstić information content (AvgIpc) is 2.98. The molecule has 218 valence electrons. The minimum absolute atomic E-state index is 0.227. The quantitative estimate of drug-likeness (QED) is 0.353. The maximum absolute atomic E-state index is 12.3. The molecule has 3 N–H and O–H groups in total. The molecule has 1 unspecified atom stereocenters. The van der Waals surface area contributed by atoms with Gasteiger partial charge in [-0.2, -0.15) is 0 Å². The summed E-state index contributed by atoms with van der Waals surface area (Å²) < 4.78 is 0. The van der Waals surface area contributed by atoms with Gasteiger partial charge in [0, 0.05) is 81.3 Å². The van der Waals surface area contributed by atoms with Gasteiger partial charge in [0.15, 0.2) is 0 Å². The minimum Gasteiger partial charge on any atom is -0.372 e. The van der Waals surface area contributed by atoms with Crippen molar-refractivity contribution in [1.29, 1.82) is 0 Å². The Balaban J connectivity index is 1.11. The number of nitrogens with one attached hydrogen (secondary N) is 1. The molecule has 2 aromatic rings. The van der Waals surface area contributed by atoms with Gasteiger partial charge in [0.2, 0.25) is 17.7 Å². The summed E-state index contributed by atoms with van der Waals surface area (Å²) in [5, 5.41) is 2.42. The van der Waals surface area contributed by atoms with E-state index >= 15 is 0 Å². The average molecular weight is 561 g/mol. The number of piperazine rings is 1. The molecule has 0 bridgehead atoms. The molecule has 0 aliphatic carbocycles. The fourth-order valence-electron chi connectivity index (χ4n) is 6.29. The second-order valence-corrected chi connectivity index (χ2v) is 11.5. The smallest absolute Gasteiger partial charge is 0.248 e. The Labute approximate surface area is 241 Å². The van der Waals surface area contributed by atoms with Crippen LogP contribution in [-0.2, 0) is 16.1 Å². The first-order valence-corrected chi connectivity index (χ1v) is 14.5. The molecule has 0 saturated carbocycles. The molecule has 0 spiro atoms. The van der Waals surface area contributed by atoms with Gasteiger partial charge >= 0.3 is 0 Å². The molecular weight excluding hydrogens is 520 g/mol. The lowest BCUT2D eigenvalue weighted by Crippen LogP contribution is -2.51. The summed E-state index contributed by atoms with van der Waals surface area (Å²) in [5.74, 6) is -0.243. The molecule has 0 aromatic heterocycles. The number of hydrogen-bond acceptors (Lipinski definition) is 8. The van der Waals surface area contributed by atoms with Crippen molar-refractivity contribution in [3.05, 3.63) is 59.2 Å². The number of imide groups is 1. The van der Waals surface area contributed by atoms with Crippen LogP contribution in [-0.4, -0.2) is 92.7 Å². The number of hydrogen-bond donors (Lipinski definition) is 2. The maximum Gasteiger partial charge on any atom is 0.248 e. The number of rotatable bonds is 9. The molecule has 3 fully saturated rings. The highest BCUT2D eigenvalue weighted by Gasteiger charge is 2.30. The van der Waals surface area contributed by atoms with E-state index in [1.807, 2.05) is 36.2 Å². The van der Waals surface area contributed by atoms with Crippen LogP contribution in [0, 0.1) is 5.92 Å². The van der Waals surface area contributed by atoms with Gasteiger partial charge in [0.25, 0.3) is 0 Å². The van der Waals surface area contributed by atoms with Gasteiger partial charge < -0.3 is 15.5 Å². The van der Waals surface area contributed by atoms with Crippen LogP contribution < -0.4 is 20.9 Å². The van der Waals surface area contributed by atoms with Crippen molar-refractivity contribution in [2.24, 2.45) is 11.7 Å². The Morgan fingerprint density at radius 3 is 2.24 bits per heavy atom. The first-order valence-electron chi connectivity index (χ1n) is 14.5. The molecule has 2 aromatic carbocycles. The number of likely N-dealkylation sites (N-methyl/N-ethyl adjacent to an activating group) is 1. The molecule has 3 aliphatic heterocycles. The Bertz CT molecular complexity index is 1270. The number of carbonyl (C=O) groups is 4. The van der Waals surface area contributed by atoms with E-state index in [1.54, 1.807) is 12.1 Å². The SMILES string of the molecule is CN(Cc1cc(N2CCC(CN3CCN(c4ccc(C(N)=O)cc4)CC3)CC2)ccc1C=O)C1CCC(=O)NC1=O. The Morgan fingerprint density at radius 1 is 0.951 bits per heavy atom. The summed E-state index contributed by atoms with van der Waals surface area (Å²) in [6.45, 7) is 7.49. The molecule has 3 heterocycles. The number of anilines is 2. The van der Waals surface area contributed by atoms with E-state index in [-0.39, 0.29) is 17.9 Å². The highest BCUT2D eigenvalue weighted by Crippen LogP contribution is 2.27. The van der Waals surface area contributed by atoms with E-state index in [4.69, 9.17) is 5.73 Å². The number of piperidine rings is 2. The van der Waals surface area contributed by atoms with E-state index in [2.05, 4.69) is 26.1 Å². The van der Waals surface area contributed by atoms with Crippen molar-refractivity contribution in [1.82, 2.24) is 15.1 Å². The third-order valence-electron chi connectivity index (χ3n) is 8.80. The summed E-state index contributed by atoms with van der Waals surface area (Å²) >= 11 is 0. The number of carbonyl (C=O) groups excluding carboxylic acids is 4. The lowest BCUT2D eigenvalue weighted by Gasteiger charge is -2.40. The number of benzene rings is 2. The van der Waals surface area contributed by atoms with E-state index in [0.29, 0.717) is 36.4 Å². The van der Waals surface area contributed by atoms with Crippen LogP contribution >= 0.6 is 0 Å². The van der Waals surface area contributed by atoms with Gasteiger partial charge in [-0.05, 0) is 80.3 Å². The number of nitrogens with zero attached hydrogens (tertiary/aromatic N) is 4. The van der Waals surface area contributed by atoms with Gasteiger partial charge in [0.05, 0.1) is 6.04 Å².